The number of nitrogens with zero attached hydrogens (tertiary/aromatic N) is 4. The molecule has 14 nitrogen and oxygen atoms in total. The number of hydrogen-bond donors (Lipinski definition) is 0. The summed E-state index contributed by atoms with van der Waals surface area (Å²) in [6.07, 6.45) is -1.30. The van der Waals surface area contributed by atoms with Crippen LogP contribution in [0.25, 0.3) is 0 Å². The van der Waals surface area contributed by atoms with E-state index in [-0.39, 0.29) is 34.2 Å². The van der Waals surface area contributed by atoms with E-state index < -0.39 is 39.7 Å². The second-order valence-electron chi connectivity index (χ2n) is 8.81. The lowest BCUT2D eigenvalue weighted by Crippen LogP contribution is -2.37. The van der Waals surface area contributed by atoms with Crippen molar-refractivity contribution in [3.05, 3.63) is 86.5 Å². The number of hydroxylamine groups is 1. The van der Waals surface area contributed by atoms with Crippen LogP contribution in [-0.2, 0) is 14.4 Å². The Bertz CT molecular complexity index is 1530. The Hall–Kier alpha value is -5.24. The van der Waals surface area contributed by atoms with Gasteiger partial charge in [-0.3, -0.25) is 34.7 Å². The molecule has 3 aromatic rings. The van der Waals surface area contributed by atoms with E-state index >= 15 is 0 Å². The smallest absolute Gasteiger partial charge is 0.271 e. The Morgan fingerprint density at radius 1 is 0.775 bits per heavy atom. The van der Waals surface area contributed by atoms with Crippen molar-refractivity contribution in [2.75, 3.05) is 31.3 Å². The molecule has 3 unspecified atom stereocenters. The van der Waals surface area contributed by atoms with Gasteiger partial charge in [-0.05, 0) is 30.3 Å². The van der Waals surface area contributed by atoms with Crippen molar-refractivity contribution >= 4 is 34.6 Å². The number of nitro groups is 2. The van der Waals surface area contributed by atoms with Gasteiger partial charge in [0, 0.05) is 29.8 Å². The number of imide groups is 1. The van der Waals surface area contributed by atoms with E-state index in [0.717, 1.165) is 4.90 Å². The molecule has 0 aliphatic carbocycles. The summed E-state index contributed by atoms with van der Waals surface area (Å²) in [5.41, 5.74) is 0.336. The molecule has 0 N–H and O–H groups in total. The summed E-state index contributed by atoms with van der Waals surface area (Å²) < 4.78 is 16.5. The topological polar surface area (TPSA) is 164 Å². The Morgan fingerprint density at radius 3 is 2.05 bits per heavy atom. The number of hydrogen-bond acceptors (Lipinski definition) is 11. The lowest BCUT2D eigenvalue weighted by atomic mass is 9.89. The number of benzene rings is 3. The predicted octanol–water partition coefficient (Wildman–Crippen LogP) is 3.58. The average Bonchev–Trinajstić information content (AvgIpc) is 3.47. The molecule has 0 aromatic heterocycles. The van der Waals surface area contributed by atoms with Crippen LogP contribution in [0.5, 0.6) is 17.2 Å². The molecule has 3 atom stereocenters. The average molecular weight is 550 g/mol. The van der Waals surface area contributed by atoms with Crippen LogP contribution in [0.15, 0.2) is 60.7 Å². The minimum Gasteiger partial charge on any atom is -0.493 e. The van der Waals surface area contributed by atoms with Crippen molar-refractivity contribution in [3.8, 4) is 17.2 Å². The van der Waals surface area contributed by atoms with Crippen LogP contribution in [-0.4, -0.2) is 49.1 Å². The van der Waals surface area contributed by atoms with Gasteiger partial charge in [-0.1, -0.05) is 6.07 Å². The van der Waals surface area contributed by atoms with Gasteiger partial charge in [0.2, 0.25) is 11.7 Å². The van der Waals surface area contributed by atoms with Gasteiger partial charge >= 0.3 is 0 Å². The number of anilines is 2. The minimum absolute atomic E-state index is 0.138. The zero-order valence-electron chi connectivity index (χ0n) is 21.4. The van der Waals surface area contributed by atoms with Gasteiger partial charge in [-0.2, -0.15) is 0 Å². The molecule has 2 fully saturated rings. The van der Waals surface area contributed by atoms with Gasteiger partial charge in [-0.25, -0.2) is 9.96 Å². The maximum Gasteiger partial charge on any atom is 0.271 e. The molecule has 2 heterocycles. The van der Waals surface area contributed by atoms with Crippen molar-refractivity contribution in [2.24, 2.45) is 5.92 Å². The largest absolute Gasteiger partial charge is 0.493 e. The van der Waals surface area contributed by atoms with Crippen molar-refractivity contribution in [1.82, 2.24) is 0 Å². The van der Waals surface area contributed by atoms with E-state index in [1.807, 2.05) is 0 Å². The van der Waals surface area contributed by atoms with Crippen LogP contribution < -0.4 is 24.2 Å². The van der Waals surface area contributed by atoms with E-state index in [1.54, 1.807) is 18.2 Å². The number of fused-ring (bicyclic) bond motifs is 1. The van der Waals surface area contributed by atoms with Gasteiger partial charge in [0.25, 0.3) is 17.3 Å². The number of amides is 2. The Morgan fingerprint density at radius 2 is 1.45 bits per heavy atom. The summed E-state index contributed by atoms with van der Waals surface area (Å²) in [5, 5.41) is 23.8. The maximum absolute atomic E-state index is 13.9. The van der Waals surface area contributed by atoms with Gasteiger partial charge in [0.15, 0.2) is 17.6 Å². The molecule has 2 saturated heterocycles. The second kappa shape index (κ2) is 10.1. The third kappa shape index (κ3) is 4.10. The molecule has 2 aliphatic rings. The molecule has 0 bridgehead atoms. The zero-order chi connectivity index (χ0) is 28.7. The molecule has 3 aromatic carbocycles. The van der Waals surface area contributed by atoms with Crippen LogP contribution >= 0.6 is 0 Å². The van der Waals surface area contributed by atoms with Crippen LogP contribution in [0.3, 0.4) is 0 Å². The lowest BCUT2D eigenvalue weighted by molar-refractivity contribution is -0.385. The van der Waals surface area contributed by atoms with Crippen molar-refractivity contribution in [3.63, 3.8) is 0 Å². The fourth-order valence-corrected chi connectivity index (χ4v) is 5.03. The van der Waals surface area contributed by atoms with Crippen molar-refractivity contribution in [2.45, 2.75) is 12.1 Å². The number of carbonyl (C=O) groups excluding carboxylic acids is 2. The molecule has 2 amide bonds. The predicted molar refractivity (Wildman–Crippen MR) is 138 cm³/mol. The van der Waals surface area contributed by atoms with Gasteiger partial charge < -0.3 is 14.2 Å². The normalized spacial score (nSPS) is 19.9. The zero-order valence-corrected chi connectivity index (χ0v) is 21.4. The summed E-state index contributed by atoms with van der Waals surface area (Å²) in [6, 6.07) is 12.8. The fourth-order valence-electron chi connectivity index (χ4n) is 5.03. The standard InChI is InChI=1S/C26H22N4O10/c1-37-19-12-11-18(22(38-2)23(19)39-3)21-20-24(40-28(21)16-5-4-6-17(13-16)30(35)36)26(32)27(25(20)31)14-7-9-15(10-8-14)29(33)34/h4-13,20-21,24H,1-3H3. The minimum atomic E-state index is -1.30. The Kier molecular flexibility index (Phi) is 6.69. The number of ether oxygens (including phenoxy) is 3. The number of rotatable bonds is 8. The first-order valence-electron chi connectivity index (χ1n) is 11.8. The monoisotopic (exact) mass is 550 g/mol. The lowest BCUT2D eigenvalue weighted by Gasteiger charge is -2.30. The molecule has 14 heteroatoms. The fraction of sp³-hybridized carbons (Fsp3) is 0.231. The first-order valence-corrected chi connectivity index (χ1v) is 11.8. The maximum atomic E-state index is 13.9. The number of nitro benzene ring substituents is 2. The molecular formula is C26H22N4O10. The second-order valence-corrected chi connectivity index (χ2v) is 8.81. The highest BCUT2D eigenvalue weighted by atomic mass is 16.7. The van der Waals surface area contributed by atoms with Crippen molar-refractivity contribution in [1.29, 1.82) is 0 Å². The molecule has 5 rings (SSSR count). The summed E-state index contributed by atoms with van der Waals surface area (Å²) in [4.78, 5) is 55.8. The Labute approximate surface area is 226 Å². The Balaban J connectivity index is 1.65. The third-order valence-electron chi connectivity index (χ3n) is 6.78. The number of methoxy groups -OCH3 is 3. The summed E-state index contributed by atoms with van der Waals surface area (Å²) in [7, 11) is 4.26. The number of non-ortho nitro benzene ring substituents is 2. The highest BCUT2D eigenvalue weighted by Gasteiger charge is 2.61. The van der Waals surface area contributed by atoms with E-state index in [0.29, 0.717) is 11.3 Å². The highest BCUT2D eigenvalue weighted by Crippen LogP contribution is 2.52. The summed E-state index contributed by atoms with van der Waals surface area (Å²) in [5.74, 6) is -1.65. The first-order chi connectivity index (χ1) is 19.2. The molecule has 40 heavy (non-hydrogen) atoms. The molecule has 0 spiro atoms. The molecule has 0 saturated carbocycles. The molecule has 2 aliphatic heterocycles. The van der Waals surface area contributed by atoms with E-state index in [9.17, 15) is 29.8 Å². The first kappa shape index (κ1) is 26.4. The SMILES string of the molecule is COc1ccc(C2C3C(=O)N(c4ccc([N+](=O)[O-])cc4)C(=O)C3ON2c2cccc([N+](=O)[O-])c2)c(OC)c1OC. The summed E-state index contributed by atoms with van der Waals surface area (Å²) >= 11 is 0. The molecule has 206 valence electrons. The van der Waals surface area contributed by atoms with E-state index in [4.69, 9.17) is 19.0 Å². The van der Waals surface area contributed by atoms with Gasteiger partial charge in [0.05, 0.1) is 42.6 Å². The van der Waals surface area contributed by atoms with E-state index in [1.165, 1.54) is 68.9 Å². The number of carbonyl (C=O) groups is 2. The third-order valence-corrected chi connectivity index (χ3v) is 6.78. The van der Waals surface area contributed by atoms with Gasteiger partial charge in [0.1, 0.15) is 12.0 Å². The molecule has 0 radical (unpaired) electrons. The quantitative estimate of drug-likeness (QED) is 0.229. The van der Waals surface area contributed by atoms with E-state index in [2.05, 4.69) is 0 Å². The van der Waals surface area contributed by atoms with Crippen LogP contribution in [0.4, 0.5) is 22.7 Å². The molecular weight excluding hydrogens is 528 g/mol. The summed E-state index contributed by atoms with van der Waals surface area (Å²) in [6.45, 7) is 0. The van der Waals surface area contributed by atoms with Crippen LogP contribution in [0.1, 0.15) is 11.6 Å². The highest BCUT2D eigenvalue weighted by molar-refractivity contribution is 6.24. The van der Waals surface area contributed by atoms with Crippen LogP contribution in [0, 0.1) is 26.1 Å². The van der Waals surface area contributed by atoms with Crippen LogP contribution in [0.2, 0.25) is 0 Å². The van der Waals surface area contributed by atoms with Gasteiger partial charge in [-0.15, -0.1) is 0 Å². The van der Waals surface area contributed by atoms with Crippen molar-refractivity contribution < 1.29 is 38.5 Å².